The largest absolute Gasteiger partial charge is 0.393 e. The molecule has 112 valence electrons. The summed E-state index contributed by atoms with van der Waals surface area (Å²) >= 11 is 0. The molecule has 3 nitrogen and oxygen atoms in total. The Morgan fingerprint density at radius 1 is 1.35 bits per heavy atom. The summed E-state index contributed by atoms with van der Waals surface area (Å²) in [7, 11) is 2.17. The zero-order chi connectivity index (χ0) is 14.3. The molecule has 1 N–H and O–H groups in total. The normalized spacial score (nSPS) is 43.0. The molecule has 2 fully saturated rings. The van der Waals surface area contributed by atoms with Crippen molar-refractivity contribution < 1.29 is 9.90 Å². The van der Waals surface area contributed by atoms with E-state index in [0.717, 1.165) is 51.6 Å². The van der Waals surface area contributed by atoms with Crippen molar-refractivity contribution >= 4 is 5.78 Å². The summed E-state index contributed by atoms with van der Waals surface area (Å²) < 4.78 is 0. The molecule has 3 aliphatic rings. The monoisotopic (exact) mass is 277 g/mol. The van der Waals surface area contributed by atoms with Crippen LogP contribution in [0.5, 0.6) is 0 Å². The van der Waals surface area contributed by atoms with Gasteiger partial charge in [0, 0.05) is 5.41 Å². The highest BCUT2D eigenvalue weighted by Crippen LogP contribution is 2.57. The molecule has 0 amide bonds. The molecular weight excluding hydrogens is 250 g/mol. The molecule has 0 aromatic carbocycles. The molecule has 20 heavy (non-hydrogen) atoms. The molecule has 2 aliphatic carbocycles. The van der Waals surface area contributed by atoms with Gasteiger partial charge in [-0.2, -0.15) is 0 Å². The van der Waals surface area contributed by atoms with E-state index in [1.807, 2.05) is 6.08 Å². The predicted octanol–water partition coefficient (Wildman–Crippen LogP) is 2.39. The van der Waals surface area contributed by atoms with Crippen molar-refractivity contribution in [3.8, 4) is 0 Å². The number of nitrogens with zero attached hydrogens (tertiary/aromatic N) is 1. The Labute approximate surface area is 122 Å². The molecule has 1 saturated heterocycles. The molecule has 3 rings (SSSR count). The Morgan fingerprint density at radius 2 is 2.10 bits per heavy atom. The third-order valence-electron chi connectivity index (χ3n) is 5.97. The fourth-order valence-corrected chi connectivity index (χ4v) is 5.06. The fraction of sp³-hybridized carbons (Fsp3) is 0.824. The summed E-state index contributed by atoms with van der Waals surface area (Å²) in [6, 6.07) is 0. The van der Waals surface area contributed by atoms with Crippen molar-refractivity contribution in [2.24, 2.45) is 17.3 Å². The Kier molecular flexibility index (Phi) is 3.76. The average Bonchev–Trinajstić information content (AvgIpc) is 2.67. The van der Waals surface area contributed by atoms with E-state index < -0.39 is 0 Å². The van der Waals surface area contributed by atoms with Crippen molar-refractivity contribution in [3.63, 3.8) is 0 Å². The van der Waals surface area contributed by atoms with Crippen molar-refractivity contribution in [3.05, 3.63) is 11.6 Å². The van der Waals surface area contributed by atoms with Crippen LogP contribution >= 0.6 is 0 Å². The van der Waals surface area contributed by atoms with Crippen molar-refractivity contribution in [1.82, 2.24) is 4.90 Å². The van der Waals surface area contributed by atoms with Crippen molar-refractivity contribution in [2.75, 3.05) is 20.1 Å². The van der Waals surface area contributed by atoms with Gasteiger partial charge >= 0.3 is 0 Å². The second kappa shape index (κ2) is 5.27. The number of aliphatic hydroxyl groups excluding tert-OH is 1. The van der Waals surface area contributed by atoms with E-state index >= 15 is 0 Å². The number of hydrogen-bond donors (Lipinski definition) is 1. The van der Waals surface area contributed by atoms with E-state index in [2.05, 4.69) is 18.9 Å². The minimum absolute atomic E-state index is 0.191. The van der Waals surface area contributed by atoms with E-state index in [0.29, 0.717) is 11.7 Å². The average molecular weight is 277 g/mol. The molecule has 3 heteroatoms. The maximum atomic E-state index is 12.8. The number of hydrogen-bond acceptors (Lipinski definition) is 3. The summed E-state index contributed by atoms with van der Waals surface area (Å²) in [5.41, 5.74) is 0.958. The number of allylic oxidation sites excluding steroid dienone is 2. The number of aliphatic hydroxyl groups is 1. The third-order valence-corrected chi connectivity index (χ3v) is 5.97. The summed E-state index contributed by atoms with van der Waals surface area (Å²) in [5.74, 6) is 0.886. The molecule has 4 unspecified atom stereocenters. The van der Waals surface area contributed by atoms with Crippen LogP contribution in [0.1, 0.15) is 45.4 Å². The molecule has 0 bridgehead atoms. The van der Waals surface area contributed by atoms with Crippen molar-refractivity contribution in [2.45, 2.75) is 51.6 Å². The van der Waals surface area contributed by atoms with E-state index in [-0.39, 0.29) is 17.4 Å². The van der Waals surface area contributed by atoms with Gasteiger partial charge in [-0.3, -0.25) is 4.79 Å². The summed E-state index contributed by atoms with van der Waals surface area (Å²) in [6.07, 6.45) is 7.59. The smallest absolute Gasteiger partial charge is 0.162 e. The molecule has 4 atom stereocenters. The van der Waals surface area contributed by atoms with Gasteiger partial charge < -0.3 is 10.0 Å². The molecule has 1 heterocycles. The van der Waals surface area contributed by atoms with Crippen LogP contribution in [0, 0.1) is 17.3 Å². The van der Waals surface area contributed by atoms with Crippen LogP contribution in [-0.4, -0.2) is 42.0 Å². The highest BCUT2D eigenvalue weighted by Gasteiger charge is 2.58. The molecule has 1 saturated carbocycles. The Balaban J connectivity index is 1.96. The SMILES string of the molecule is CC1=CC(=O)C23CCCN(C)CCCC2C(O)CC3C1. The Bertz CT molecular complexity index is 431. The first kappa shape index (κ1) is 14.3. The topological polar surface area (TPSA) is 40.5 Å². The molecule has 0 radical (unpaired) electrons. The minimum atomic E-state index is -0.272. The van der Waals surface area contributed by atoms with Crippen molar-refractivity contribution in [1.29, 1.82) is 0 Å². The maximum absolute atomic E-state index is 12.8. The van der Waals surface area contributed by atoms with Crippen LogP contribution in [0.4, 0.5) is 0 Å². The van der Waals surface area contributed by atoms with Crippen LogP contribution in [0.3, 0.4) is 0 Å². The number of rotatable bonds is 0. The number of carbonyl (C=O) groups is 1. The van der Waals surface area contributed by atoms with Crippen LogP contribution in [-0.2, 0) is 4.79 Å². The van der Waals surface area contributed by atoms with Crippen LogP contribution < -0.4 is 0 Å². The van der Waals surface area contributed by atoms with Gasteiger partial charge in [-0.05, 0) is 83.5 Å². The first-order chi connectivity index (χ1) is 9.54. The van der Waals surface area contributed by atoms with Gasteiger partial charge in [-0.1, -0.05) is 5.57 Å². The molecule has 1 aliphatic heterocycles. The lowest BCUT2D eigenvalue weighted by Gasteiger charge is -2.41. The second-order valence-electron chi connectivity index (χ2n) is 7.25. The van der Waals surface area contributed by atoms with E-state index in [1.54, 1.807) is 0 Å². The predicted molar refractivity (Wildman–Crippen MR) is 79.4 cm³/mol. The lowest BCUT2D eigenvalue weighted by atomic mass is 9.61. The number of carbonyl (C=O) groups excluding carboxylic acids is 1. The molecular formula is C17H27NO2. The van der Waals surface area contributed by atoms with Gasteiger partial charge in [0.15, 0.2) is 5.78 Å². The highest BCUT2D eigenvalue weighted by molar-refractivity contribution is 5.97. The first-order valence-corrected chi connectivity index (χ1v) is 8.12. The fourth-order valence-electron chi connectivity index (χ4n) is 5.06. The standard InChI is InChI=1S/C17H27NO2/c1-12-9-13-11-15(19)14-5-3-7-18(2)8-4-6-17(13,14)16(20)10-12/h10,13-15,19H,3-9,11H2,1-2H3. The molecule has 1 spiro atoms. The van der Waals surface area contributed by atoms with Gasteiger partial charge in [-0.15, -0.1) is 0 Å². The van der Waals surface area contributed by atoms with Crippen LogP contribution in [0.25, 0.3) is 0 Å². The summed E-state index contributed by atoms with van der Waals surface area (Å²) in [4.78, 5) is 15.2. The zero-order valence-corrected chi connectivity index (χ0v) is 12.8. The van der Waals surface area contributed by atoms with Gasteiger partial charge in [0.25, 0.3) is 0 Å². The molecule has 0 aromatic rings. The lowest BCUT2D eigenvalue weighted by Crippen LogP contribution is -2.43. The summed E-state index contributed by atoms with van der Waals surface area (Å²) in [5, 5.41) is 10.5. The van der Waals surface area contributed by atoms with Gasteiger partial charge in [0.2, 0.25) is 0 Å². The second-order valence-corrected chi connectivity index (χ2v) is 7.25. The minimum Gasteiger partial charge on any atom is -0.393 e. The van der Waals surface area contributed by atoms with E-state index in [1.165, 1.54) is 5.57 Å². The third kappa shape index (κ3) is 2.15. The van der Waals surface area contributed by atoms with Crippen LogP contribution in [0.15, 0.2) is 11.6 Å². The summed E-state index contributed by atoms with van der Waals surface area (Å²) in [6.45, 7) is 4.23. The highest BCUT2D eigenvalue weighted by atomic mass is 16.3. The molecule has 0 aromatic heterocycles. The lowest BCUT2D eigenvalue weighted by molar-refractivity contribution is -0.131. The number of ketones is 1. The first-order valence-electron chi connectivity index (χ1n) is 8.12. The van der Waals surface area contributed by atoms with Gasteiger partial charge in [-0.25, -0.2) is 0 Å². The Morgan fingerprint density at radius 3 is 2.90 bits per heavy atom. The van der Waals surface area contributed by atoms with Gasteiger partial charge in [0.05, 0.1) is 6.10 Å². The van der Waals surface area contributed by atoms with E-state index in [9.17, 15) is 9.90 Å². The van der Waals surface area contributed by atoms with Crippen LogP contribution in [0.2, 0.25) is 0 Å². The maximum Gasteiger partial charge on any atom is 0.162 e. The Hall–Kier alpha value is -0.670. The zero-order valence-electron chi connectivity index (χ0n) is 12.8. The quantitative estimate of drug-likeness (QED) is 0.739. The van der Waals surface area contributed by atoms with Gasteiger partial charge in [0.1, 0.15) is 0 Å². The van der Waals surface area contributed by atoms with E-state index in [4.69, 9.17) is 0 Å².